The van der Waals surface area contributed by atoms with Crippen LogP contribution in [-0.2, 0) is 16.0 Å². The first-order chi connectivity index (χ1) is 10.2. The predicted molar refractivity (Wildman–Crippen MR) is 78.2 cm³/mol. The van der Waals surface area contributed by atoms with E-state index in [9.17, 15) is 4.79 Å². The van der Waals surface area contributed by atoms with E-state index in [1.807, 2.05) is 31.2 Å². The van der Waals surface area contributed by atoms with Crippen LogP contribution < -0.4 is 0 Å². The van der Waals surface area contributed by atoms with E-state index < -0.39 is 5.92 Å². The highest BCUT2D eigenvalue weighted by Gasteiger charge is 2.26. The molecule has 5 nitrogen and oxygen atoms in total. The van der Waals surface area contributed by atoms with Gasteiger partial charge in [-0.2, -0.15) is 4.98 Å². The zero-order valence-electron chi connectivity index (χ0n) is 12.0. The van der Waals surface area contributed by atoms with Crippen molar-refractivity contribution >= 4 is 17.6 Å². The van der Waals surface area contributed by atoms with Gasteiger partial charge in [-0.05, 0) is 25.0 Å². The molecular weight excluding hydrogens is 292 g/mol. The van der Waals surface area contributed by atoms with E-state index in [-0.39, 0.29) is 11.9 Å². The van der Waals surface area contributed by atoms with Gasteiger partial charge in [-0.25, -0.2) is 0 Å². The number of hydrogen-bond donors (Lipinski definition) is 0. The summed E-state index contributed by atoms with van der Waals surface area (Å²) in [4.78, 5) is 16.1. The molecule has 0 saturated heterocycles. The van der Waals surface area contributed by atoms with E-state index in [2.05, 4.69) is 10.1 Å². The Hall–Kier alpha value is -1.88. The Bertz CT molecular complexity index is 612. The molecule has 1 aromatic heterocycles. The largest absolute Gasteiger partial charge is 0.465 e. The topological polar surface area (TPSA) is 65.2 Å². The first kappa shape index (κ1) is 15.5. The molecule has 0 aliphatic rings. The summed E-state index contributed by atoms with van der Waals surface area (Å²) in [5, 5.41) is 4.57. The fourth-order valence-corrected chi connectivity index (χ4v) is 2.18. The van der Waals surface area contributed by atoms with Crippen LogP contribution in [0.4, 0.5) is 0 Å². The van der Waals surface area contributed by atoms with Gasteiger partial charge in [0.05, 0.1) is 6.61 Å². The summed E-state index contributed by atoms with van der Waals surface area (Å²) >= 11 is 6.10. The number of halogens is 1. The number of carbonyl (C=O) groups is 1. The lowest BCUT2D eigenvalue weighted by Gasteiger charge is -2.08. The van der Waals surface area contributed by atoms with E-state index in [0.717, 1.165) is 5.56 Å². The van der Waals surface area contributed by atoms with E-state index in [1.54, 1.807) is 6.92 Å². The summed E-state index contributed by atoms with van der Waals surface area (Å²) in [5.41, 5.74) is 0.913. The van der Waals surface area contributed by atoms with Gasteiger partial charge in [0.25, 0.3) is 0 Å². The van der Waals surface area contributed by atoms with Crippen LogP contribution in [0.25, 0.3) is 0 Å². The van der Waals surface area contributed by atoms with Crippen molar-refractivity contribution in [1.82, 2.24) is 10.1 Å². The number of carbonyl (C=O) groups excluding carboxylic acids is 1. The quantitative estimate of drug-likeness (QED) is 0.765. The maximum absolute atomic E-state index is 11.8. The second-order valence-corrected chi connectivity index (χ2v) is 4.94. The van der Waals surface area contributed by atoms with Crippen LogP contribution in [-0.4, -0.2) is 22.7 Å². The predicted octanol–water partition coefficient (Wildman–Crippen LogP) is 3.37. The van der Waals surface area contributed by atoms with Gasteiger partial charge in [0.1, 0.15) is 5.92 Å². The molecule has 0 spiro atoms. The monoisotopic (exact) mass is 308 g/mol. The molecule has 6 heteroatoms. The molecule has 21 heavy (non-hydrogen) atoms. The van der Waals surface area contributed by atoms with Crippen LogP contribution >= 0.6 is 11.6 Å². The van der Waals surface area contributed by atoms with Crippen molar-refractivity contribution in [3.05, 3.63) is 46.6 Å². The molecule has 1 unspecified atom stereocenters. The molecule has 0 fully saturated rings. The van der Waals surface area contributed by atoms with Gasteiger partial charge in [-0.3, -0.25) is 4.79 Å². The van der Waals surface area contributed by atoms with Crippen molar-refractivity contribution in [3.63, 3.8) is 0 Å². The van der Waals surface area contributed by atoms with Crippen molar-refractivity contribution in [1.29, 1.82) is 0 Å². The normalized spacial score (nSPS) is 12.1. The molecule has 112 valence electrons. The Balaban J connectivity index is 2.14. The Kier molecular flexibility index (Phi) is 5.33. The van der Waals surface area contributed by atoms with Crippen LogP contribution in [0.3, 0.4) is 0 Å². The summed E-state index contributed by atoms with van der Waals surface area (Å²) in [6.07, 6.45) is 1.01. The summed E-state index contributed by atoms with van der Waals surface area (Å²) in [7, 11) is 0. The molecule has 0 bridgehead atoms. The van der Waals surface area contributed by atoms with E-state index >= 15 is 0 Å². The number of aromatic nitrogens is 2. The Morgan fingerprint density at radius 2 is 2.14 bits per heavy atom. The standard InChI is InChI=1S/C15H17ClN2O3/c1-3-11(15(19)20-4-2)14-17-13(18-21-14)9-10-7-5-6-8-12(10)16/h5-8,11H,3-4,9H2,1-2H3. The smallest absolute Gasteiger partial charge is 0.318 e. The number of ether oxygens (including phenoxy) is 1. The Morgan fingerprint density at radius 3 is 2.81 bits per heavy atom. The average Bonchev–Trinajstić information content (AvgIpc) is 2.91. The highest BCUT2D eigenvalue weighted by molar-refractivity contribution is 6.31. The molecule has 0 amide bonds. The minimum atomic E-state index is -0.516. The second kappa shape index (κ2) is 7.22. The van der Waals surface area contributed by atoms with E-state index in [0.29, 0.717) is 30.3 Å². The summed E-state index contributed by atoms with van der Waals surface area (Å²) < 4.78 is 10.2. The van der Waals surface area contributed by atoms with Gasteiger partial charge in [0.15, 0.2) is 5.82 Å². The Morgan fingerprint density at radius 1 is 1.38 bits per heavy atom. The van der Waals surface area contributed by atoms with Crippen LogP contribution in [0.15, 0.2) is 28.8 Å². The molecule has 1 atom stereocenters. The van der Waals surface area contributed by atoms with Crippen LogP contribution in [0.5, 0.6) is 0 Å². The zero-order valence-corrected chi connectivity index (χ0v) is 12.8. The molecule has 1 aromatic carbocycles. The highest BCUT2D eigenvalue weighted by atomic mass is 35.5. The number of rotatable bonds is 6. The van der Waals surface area contributed by atoms with E-state index in [4.69, 9.17) is 20.9 Å². The van der Waals surface area contributed by atoms with Crippen molar-refractivity contribution < 1.29 is 14.1 Å². The highest BCUT2D eigenvalue weighted by Crippen LogP contribution is 2.22. The molecule has 2 aromatic rings. The van der Waals surface area contributed by atoms with Gasteiger partial charge >= 0.3 is 5.97 Å². The second-order valence-electron chi connectivity index (χ2n) is 4.53. The third-order valence-corrected chi connectivity index (χ3v) is 3.44. The molecule has 0 N–H and O–H groups in total. The number of hydrogen-bond acceptors (Lipinski definition) is 5. The SMILES string of the molecule is CCOC(=O)C(CC)c1nc(Cc2ccccc2Cl)no1. The molecule has 0 saturated carbocycles. The first-order valence-electron chi connectivity index (χ1n) is 6.88. The minimum Gasteiger partial charge on any atom is -0.465 e. The Labute approximate surface area is 128 Å². The summed E-state index contributed by atoms with van der Waals surface area (Å²) in [5.74, 6) is -0.0655. The lowest BCUT2D eigenvalue weighted by molar-refractivity contribution is -0.145. The average molecular weight is 309 g/mol. The van der Waals surface area contributed by atoms with Gasteiger partial charge in [0, 0.05) is 11.4 Å². The zero-order chi connectivity index (χ0) is 15.2. The molecule has 0 aliphatic heterocycles. The maximum atomic E-state index is 11.8. The summed E-state index contributed by atoms with van der Waals surface area (Å²) in [6, 6.07) is 7.48. The third kappa shape index (κ3) is 3.82. The first-order valence-corrected chi connectivity index (χ1v) is 7.26. The lowest BCUT2D eigenvalue weighted by Crippen LogP contribution is -2.15. The van der Waals surface area contributed by atoms with Crippen molar-refractivity contribution in [2.45, 2.75) is 32.6 Å². The minimum absolute atomic E-state index is 0.290. The molecule has 0 radical (unpaired) electrons. The van der Waals surface area contributed by atoms with Crippen molar-refractivity contribution in [2.24, 2.45) is 0 Å². The van der Waals surface area contributed by atoms with E-state index in [1.165, 1.54) is 0 Å². The maximum Gasteiger partial charge on any atom is 0.318 e. The fraction of sp³-hybridized carbons (Fsp3) is 0.400. The molecule has 2 rings (SSSR count). The number of benzene rings is 1. The number of esters is 1. The number of nitrogens with zero attached hydrogens (tertiary/aromatic N) is 2. The molecular formula is C15H17ClN2O3. The van der Waals surface area contributed by atoms with Crippen molar-refractivity contribution in [2.75, 3.05) is 6.61 Å². The fourth-order valence-electron chi connectivity index (χ4n) is 1.98. The molecule has 1 heterocycles. The van der Waals surface area contributed by atoms with Gasteiger partial charge < -0.3 is 9.26 Å². The van der Waals surface area contributed by atoms with Crippen LogP contribution in [0, 0.1) is 0 Å². The van der Waals surface area contributed by atoms with Gasteiger partial charge in [-0.1, -0.05) is 41.9 Å². The summed E-state index contributed by atoms with van der Waals surface area (Å²) in [6.45, 7) is 3.97. The third-order valence-electron chi connectivity index (χ3n) is 3.07. The van der Waals surface area contributed by atoms with Crippen LogP contribution in [0.2, 0.25) is 5.02 Å². The van der Waals surface area contributed by atoms with Crippen molar-refractivity contribution in [3.8, 4) is 0 Å². The lowest BCUT2D eigenvalue weighted by atomic mass is 10.1. The van der Waals surface area contributed by atoms with Crippen LogP contribution in [0.1, 0.15) is 43.5 Å². The van der Waals surface area contributed by atoms with Gasteiger partial charge in [0.2, 0.25) is 5.89 Å². The van der Waals surface area contributed by atoms with Gasteiger partial charge in [-0.15, -0.1) is 0 Å². The molecule has 0 aliphatic carbocycles.